The van der Waals surface area contributed by atoms with Gasteiger partial charge in [-0.05, 0) is 52.3 Å². The molecule has 0 radical (unpaired) electrons. The van der Waals surface area contributed by atoms with Gasteiger partial charge in [-0.1, -0.05) is 0 Å². The number of rotatable bonds is 3. The van der Waals surface area contributed by atoms with Crippen LogP contribution >= 0.6 is 0 Å². The number of nitrogens with two attached hydrogens (primary N) is 1. The Labute approximate surface area is 124 Å². The van der Waals surface area contributed by atoms with Gasteiger partial charge in [-0.15, -0.1) is 0 Å². The minimum absolute atomic E-state index is 0.225. The van der Waals surface area contributed by atoms with Crippen LogP contribution in [0.1, 0.15) is 43.6 Å². The maximum Gasteiger partial charge on any atom is 0.412 e. The number of carbonyl (C=O) groups is 2. The lowest BCUT2D eigenvalue weighted by Crippen LogP contribution is -2.27. The summed E-state index contributed by atoms with van der Waals surface area (Å²) in [6.45, 7) is 9.02. The first-order valence-corrected chi connectivity index (χ1v) is 6.71. The summed E-state index contributed by atoms with van der Waals surface area (Å²) in [7, 11) is 0. The van der Waals surface area contributed by atoms with E-state index in [9.17, 15) is 9.59 Å². The zero-order valence-corrected chi connectivity index (χ0v) is 13.1. The quantitative estimate of drug-likeness (QED) is 0.660. The maximum atomic E-state index is 11.8. The fraction of sp³-hybridized carbons (Fsp3) is 0.467. The largest absolute Gasteiger partial charge is 0.462 e. The monoisotopic (exact) mass is 294 g/mol. The van der Waals surface area contributed by atoms with Gasteiger partial charge < -0.3 is 15.2 Å². The first kappa shape index (κ1) is 16.8. The number of hydrogen-bond acceptors (Lipinski definition) is 5. The molecule has 0 aliphatic heterocycles. The van der Waals surface area contributed by atoms with E-state index in [1.54, 1.807) is 40.7 Å². The highest BCUT2D eigenvalue weighted by molar-refractivity contribution is 5.98. The van der Waals surface area contributed by atoms with Gasteiger partial charge >= 0.3 is 12.1 Å². The van der Waals surface area contributed by atoms with Gasteiger partial charge in [0, 0.05) is 11.4 Å². The number of nitrogen functional groups attached to an aromatic ring is 1. The number of hydrogen-bond donors (Lipinski definition) is 2. The molecule has 21 heavy (non-hydrogen) atoms. The number of ether oxygens (including phenoxy) is 2. The normalized spacial score (nSPS) is 10.9. The Balaban J connectivity index is 2.99. The lowest BCUT2D eigenvalue weighted by atomic mass is 10.1. The van der Waals surface area contributed by atoms with Crippen molar-refractivity contribution in [2.24, 2.45) is 0 Å². The zero-order chi connectivity index (χ0) is 16.2. The average Bonchev–Trinajstić information content (AvgIpc) is 2.31. The van der Waals surface area contributed by atoms with Crippen molar-refractivity contribution in [1.82, 2.24) is 0 Å². The topological polar surface area (TPSA) is 90.6 Å². The van der Waals surface area contributed by atoms with E-state index in [1.807, 2.05) is 0 Å². The van der Waals surface area contributed by atoms with Gasteiger partial charge in [-0.3, -0.25) is 5.32 Å². The van der Waals surface area contributed by atoms with Gasteiger partial charge in [0.1, 0.15) is 5.60 Å². The Morgan fingerprint density at radius 2 is 1.90 bits per heavy atom. The summed E-state index contributed by atoms with van der Waals surface area (Å²) < 4.78 is 10.1. The van der Waals surface area contributed by atoms with Crippen LogP contribution in [-0.4, -0.2) is 24.3 Å². The first-order valence-electron chi connectivity index (χ1n) is 6.71. The van der Waals surface area contributed by atoms with Gasteiger partial charge in [0.05, 0.1) is 12.2 Å². The smallest absolute Gasteiger partial charge is 0.412 e. The molecule has 0 atom stereocenters. The van der Waals surface area contributed by atoms with Crippen molar-refractivity contribution in [3.8, 4) is 0 Å². The number of benzene rings is 1. The molecule has 0 spiro atoms. The summed E-state index contributed by atoms with van der Waals surface area (Å²) in [4.78, 5) is 23.6. The molecule has 116 valence electrons. The zero-order valence-electron chi connectivity index (χ0n) is 13.1. The number of nitrogens with one attached hydrogen (secondary N) is 1. The van der Waals surface area contributed by atoms with Gasteiger partial charge in [-0.25, -0.2) is 9.59 Å². The summed E-state index contributed by atoms with van der Waals surface area (Å²) in [6.07, 6.45) is -0.596. The highest BCUT2D eigenvalue weighted by Crippen LogP contribution is 2.24. The van der Waals surface area contributed by atoms with Gasteiger partial charge in [-0.2, -0.15) is 0 Å². The van der Waals surface area contributed by atoms with E-state index in [1.165, 1.54) is 6.07 Å². The molecule has 6 nitrogen and oxygen atoms in total. The SMILES string of the molecule is CCOC(=O)c1cc(NC(=O)OC(C)(C)C)cc(C)c1N. The van der Waals surface area contributed by atoms with Crippen molar-refractivity contribution in [1.29, 1.82) is 0 Å². The van der Waals surface area contributed by atoms with Crippen LogP contribution in [0, 0.1) is 6.92 Å². The molecule has 1 amide bonds. The second kappa shape index (κ2) is 6.47. The molecule has 0 heterocycles. The van der Waals surface area contributed by atoms with E-state index in [-0.39, 0.29) is 12.2 Å². The summed E-state index contributed by atoms with van der Waals surface area (Å²) in [5, 5.41) is 2.58. The van der Waals surface area contributed by atoms with Crippen LogP contribution in [0.4, 0.5) is 16.2 Å². The Hall–Kier alpha value is -2.24. The molecule has 0 saturated heterocycles. The van der Waals surface area contributed by atoms with Crippen LogP contribution in [0.2, 0.25) is 0 Å². The fourth-order valence-corrected chi connectivity index (χ4v) is 1.67. The molecular formula is C15H22N2O4. The van der Waals surface area contributed by atoms with Gasteiger partial charge in [0.15, 0.2) is 0 Å². The van der Waals surface area contributed by atoms with E-state index in [0.717, 1.165) is 0 Å². The Bertz CT molecular complexity index is 547. The van der Waals surface area contributed by atoms with Crippen LogP contribution in [0.15, 0.2) is 12.1 Å². The molecule has 0 aromatic heterocycles. The van der Waals surface area contributed by atoms with Crippen molar-refractivity contribution < 1.29 is 19.1 Å². The number of esters is 1. The molecule has 0 aliphatic rings. The molecule has 0 bridgehead atoms. The number of aryl methyl sites for hydroxylation is 1. The molecule has 1 aromatic rings. The van der Waals surface area contributed by atoms with Crippen LogP contribution < -0.4 is 11.1 Å². The summed E-state index contributed by atoms with van der Waals surface area (Å²) >= 11 is 0. The predicted molar refractivity (Wildman–Crippen MR) is 81.4 cm³/mol. The number of anilines is 2. The number of carbonyl (C=O) groups excluding carboxylic acids is 2. The molecule has 6 heteroatoms. The van der Waals surface area contributed by atoms with E-state index in [2.05, 4.69) is 5.32 Å². The minimum Gasteiger partial charge on any atom is -0.462 e. The summed E-state index contributed by atoms with van der Waals surface area (Å²) in [6, 6.07) is 3.15. The van der Waals surface area contributed by atoms with E-state index < -0.39 is 17.7 Å². The minimum atomic E-state index is -0.600. The van der Waals surface area contributed by atoms with Crippen molar-refractivity contribution >= 4 is 23.4 Å². The van der Waals surface area contributed by atoms with Crippen molar-refractivity contribution in [2.45, 2.75) is 40.2 Å². The van der Waals surface area contributed by atoms with Crippen LogP contribution in [0.25, 0.3) is 0 Å². The molecule has 3 N–H and O–H groups in total. The van der Waals surface area contributed by atoms with Crippen LogP contribution in [0.5, 0.6) is 0 Å². The van der Waals surface area contributed by atoms with Crippen molar-refractivity contribution in [3.05, 3.63) is 23.3 Å². The lowest BCUT2D eigenvalue weighted by molar-refractivity contribution is 0.0526. The maximum absolute atomic E-state index is 11.8. The second-order valence-corrected chi connectivity index (χ2v) is 5.60. The van der Waals surface area contributed by atoms with E-state index >= 15 is 0 Å². The Morgan fingerprint density at radius 3 is 2.43 bits per heavy atom. The molecular weight excluding hydrogens is 272 g/mol. The molecule has 0 unspecified atom stereocenters. The van der Waals surface area contributed by atoms with Crippen molar-refractivity contribution in [2.75, 3.05) is 17.7 Å². The number of amides is 1. The molecule has 0 saturated carbocycles. The Kier molecular flexibility index (Phi) is 5.18. The predicted octanol–water partition coefficient (Wildman–Crippen LogP) is 3.10. The van der Waals surface area contributed by atoms with Crippen molar-refractivity contribution in [3.63, 3.8) is 0 Å². The molecule has 1 aromatic carbocycles. The third kappa shape index (κ3) is 4.98. The van der Waals surface area contributed by atoms with Crippen LogP contribution in [0.3, 0.4) is 0 Å². The summed E-state index contributed by atoms with van der Waals surface area (Å²) in [5.74, 6) is -0.522. The Morgan fingerprint density at radius 1 is 1.29 bits per heavy atom. The van der Waals surface area contributed by atoms with Gasteiger partial charge in [0.2, 0.25) is 0 Å². The van der Waals surface area contributed by atoms with Crippen LogP contribution in [-0.2, 0) is 9.47 Å². The highest BCUT2D eigenvalue weighted by Gasteiger charge is 2.18. The molecule has 0 aliphatic carbocycles. The lowest BCUT2D eigenvalue weighted by Gasteiger charge is -2.20. The highest BCUT2D eigenvalue weighted by atomic mass is 16.6. The van der Waals surface area contributed by atoms with E-state index in [0.29, 0.717) is 16.9 Å². The average molecular weight is 294 g/mol. The fourth-order valence-electron chi connectivity index (χ4n) is 1.67. The molecule has 0 fully saturated rings. The summed E-state index contributed by atoms with van der Waals surface area (Å²) in [5.41, 5.74) is 6.93. The standard InChI is InChI=1S/C15H22N2O4/c1-6-20-13(18)11-8-10(7-9(2)12(11)16)17-14(19)21-15(3,4)5/h7-8H,6,16H2,1-5H3,(H,17,19). The third-order valence-corrected chi connectivity index (χ3v) is 2.53. The second-order valence-electron chi connectivity index (χ2n) is 5.60. The third-order valence-electron chi connectivity index (χ3n) is 2.53. The van der Waals surface area contributed by atoms with Gasteiger partial charge in [0.25, 0.3) is 0 Å². The van der Waals surface area contributed by atoms with E-state index in [4.69, 9.17) is 15.2 Å². The first-order chi connectivity index (χ1) is 9.64. The molecule has 1 rings (SSSR count).